The Morgan fingerprint density at radius 1 is 1.00 bits per heavy atom. The average molecular weight is 210 g/mol. The molecule has 0 saturated heterocycles. The van der Waals surface area contributed by atoms with E-state index in [4.69, 9.17) is 0 Å². The first kappa shape index (κ1) is 15.1. The Bertz CT molecular complexity index is 176. The summed E-state index contributed by atoms with van der Waals surface area (Å²) in [5.74, 6) is 1.65. The zero-order valence-corrected chi connectivity index (χ0v) is 12.3. The van der Waals surface area contributed by atoms with E-state index in [-0.39, 0.29) is 0 Å². The molecule has 0 aliphatic rings. The average Bonchev–Trinajstić information content (AvgIpc) is 2.16. The van der Waals surface area contributed by atoms with Crippen molar-refractivity contribution in [3.63, 3.8) is 0 Å². The van der Waals surface area contributed by atoms with Crippen LogP contribution in [0.4, 0.5) is 0 Å². The molecule has 0 aliphatic heterocycles. The summed E-state index contributed by atoms with van der Waals surface area (Å²) < 4.78 is 0. The lowest BCUT2D eigenvalue weighted by Gasteiger charge is -2.47. The Kier molecular flexibility index (Phi) is 5.43. The van der Waals surface area contributed by atoms with Crippen LogP contribution in [0.2, 0.25) is 5.31 Å². The lowest BCUT2D eigenvalue weighted by Crippen LogP contribution is -2.38. The minimum atomic E-state index is 0.424. The van der Waals surface area contributed by atoms with Crippen molar-refractivity contribution in [3.8, 4) is 0 Å². The standard InChI is InChI=1S/C14H31B/c1-8-12(9-2)14(7,10-3)11(4)13(5,6)15/h11-12H,8-10,15H2,1-7H3/t11?,14-/m0/s1. The molecule has 0 N–H and O–H groups in total. The number of hydrogen-bond acceptors (Lipinski definition) is 0. The Hall–Kier alpha value is 0.0649. The van der Waals surface area contributed by atoms with Crippen LogP contribution in [0.5, 0.6) is 0 Å². The maximum Gasteiger partial charge on any atom is 0.109 e. The van der Waals surface area contributed by atoms with Gasteiger partial charge in [0.2, 0.25) is 0 Å². The molecule has 0 aliphatic carbocycles. The molecule has 0 heterocycles. The fraction of sp³-hybridized carbons (Fsp3) is 1.00. The maximum absolute atomic E-state index is 2.50. The van der Waals surface area contributed by atoms with E-state index in [0.29, 0.717) is 10.7 Å². The first-order valence-electron chi connectivity index (χ1n) is 6.73. The van der Waals surface area contributed by atoms with Crippen LogP contribution in [0, 0.1) is 17.3 Å². The van der Waals surface area contributed by atoms with Gasteiger partial charge in [0.15, 0.2) is 0 Å². The van der Waals surface area contributed by atoms with Gasteiger partial charge in [-0.2, -0.15) is 0 Å². The van der Waals surface area contributed by atoms with Gasteiger partial charge in [-0.1, -0.05) is 73.0 Å². The van der Waals surface area contributed by atoms with Gasteiger partial charge in [0.25, 0.3) is 0 Å². The highest BCUT2D eigenvalue weighted by Gasteiger charge is 2.40. The van der Waals surface area contributed by atoms with Crippen molar-refractivity contribution in [3.05, 3.63) is 0 Å². The topological polar surface area (TPSA) is 0 Å². The first-order chi connectivity index (χ1) is 6.73. The van der Waals surface area contributed by atoms with Crippen molar-refractivity contribution in [1.82, 2.24) is 0 Å². The summed E-state index contributed by atoms with van der Waals surface area (Å²) in [6.07, 6.45) is 3.94. The minimum absolute atomic E-state index is 0.424. The van der Waals surface area contributed by atoms with Gasteiger partial charge < -0.3 is 0 Å². The maximum atomic E-state index is 2.50. The molecule has 0 aromatic carbocycles. The summed E-state index contributed by atoms with van der Waals surface area (Å²) in [4.78, 5) is 0. The molecule has 1 heteroatoms. The van der Waals surface area contributed by atoms with Crippen LogP contribution >= 0.6 is 0 Å². The fourth-order valence-electron chi connectivity index (χ4n) is 3.16. The van der Waals surface area contributed by atoms with E-state index in [1.54, 1.807) is 0 Å². The molecule has 0 spiro atoms. The van der Waals surface area contributed by atoms with Crippen LogP contribution in [-0.2, 0) is 0 Å². The molecule has 0 fully saturated rings. The summed E-state index contributed by atoms with van der Waals surface area (Å²) in [5, 5.41) is 0.424. The normalized spacial score (nSPS) is 18.9. The quantitative estimate of drug-likeness (QED) is 0.573. The zero-order chi connectivity index (χ0) is 12.3. The molecular weight excluding hydrogens is 179 g/mol. The molecule has 0 rings (SSSR count). The summed E-state index contributed by atoms with van der Waals surface area (Å²) in [6, 6.07) is 0. The third-order valence-corrected chi connectivity index (χ3v) is 4.97. The van der Waals surface area contributed by atoms with Gasteiger partial charge in [-0.25, -0.2) is 0 Å². The molecule has 1 unspecified atom stereocenters. The molecule has 0 aromatic rings. The Labute approximate surface area is 98.6 Å². The van der Waals surface area contributed by atoms with Crippen molar-refractivity contribution >= 4 is 7.85 Å². The van der Waals surface area contributed by atoms with Gasteiger partial charge in [0.1, 0.15) is 7.85 Å². The van der Waals surface area contributed by atoms with Crippen molar-refractivity contribution in [1.29, 1.82) is 0 Å². The van der Waals surface area contributed by atoms with Crippen molar-refractivity contribution < 1.29 is 0 Å². The van der Waals surface area contributed by atoms with Gasteiger partial charge in [-0.3, -0.25) is 0 Å². The molecular formula is C14H31B. The first-order valence-corrected chi connectivity index (χ1v) is 6.73. The van der Waals surface area contributed by atoms with Crippen LogP contribution < -0.4 is 0 Å². The lowest BCUT2D eigenvalue weighted by molar-refractivity contribution is 0.0657. The largest absolute Gasteiger partial charge is 0.109 e. The Morgan fingerprint density at radius 3 is 1.60 bits per heavy atom. The molecule has 0 saturated carbocycles. The second-order valence-corrected chi connectivity index (χ2v) is 6.46. The van der Waals surface area contributed by atoms with E-state index < -0.39 is 0 Å². The van der Waals surface area contributed by atoms with Crippen LogP contribution in [0.25, 0.3) is 0 Å². The summed E-state index contributed by atoms with van der Waals surface area (Å²) in [6.45, 7) is 16.8. The molecule has 0 bridgehead atoms. The van der Waals surface area contributed by atoms with E-state index in [0.717, 1.165) is 11.8 Å². The Balaban J connectivity index is 4.98. The zero-order valence-electron chi connectivity index (χ0n) is 12.3. The third-order valence-electron chi connectivity index (χ3n) is 4.97. The summed E-state index contributed by atoms with van der Waals surface area (Å²) in [7, 11) is 2.38. The number of rotatable bonds is 6. The van der Waals surface area contributed by atoms with Gasteiger partial charge in [-0.05, 0) is 17.3 Å². The van der Waals surface area contributed by atoms with Gasteiger partial charge in [-0.15, -0.1) is 0 Å². The van der Waals surface area contributed by atoms with Gasteiger partial charge in [0.05, 0.1) is 0 Å². The molecule has 0 radical (unpaired) electrons. The third kappa shape index (κ3) is 3.26. The molecule has 0 nitrogen and oxygen atoms in total. The van der Waals surface area contributed by atoms with Crippen LogP contribution in [0.15, 0.2) is 0 Å². The summed E-state index contributed by atoms with van der Waals surface area (Å²) >= 11 is 0. The predicted octanol–water partition coefficient (Wildman–Crippen LogP) is 4.31. The van der Waals surface area contributed by atoms with E-state index >= 15 is 0 Å². The van der Waals surface area contributed by atoms with Crippen molar-refractivity contribution in [2.24, 2.45) is 17.3 Å². The van der Waals surface area contributed by atoms with Crippen LogP contribution in [0.1, 0.15) is 67.7 Å². The summed E-state index contributed by atoms with van der Waals surface area (Å²) in [5.41, 5.74) is 0.502. The highest BCUT2D eigenvalue weighted by molar-refractivity contribution is 6.14. The monoisotopic (exact) mass is 210 g/mol. The molecule has 15 heavy (non-hydrogen) atoms. The van der Waals surface area contributed by atoms with Crippen molar-refractivity contribution in [2.45, 2.75) is 73.0 Å². The molecule has 0 aromatic heterocycles. The molecule has 0 amide bonds. The number of hydrogen-bond donors (Lipinski definition) is 0. The SMILES string of the molecule is BC(C)(C)C(C)[C@](C)(CC)C(CC)CC. The highest BCUT2D eigenvalue weighted by atomic mass is 14.4. The lowest BCUT2D eigenvalue weighted by atomic mass is 9.51. The van der Waals surface area contributed by atoms with Crippen LogP contribution in [-0.4, -0.2) is 7.85 Å². The second-order valence-electron chi connectivity index (χ2n) is 6.46. The van der Waals surface area contributed by atoms with E-state index in [1.165, 1.54) is 19.3 Å². The molecule has 2 atom stereocenters. The predicted molar refractivity (Wildman–Crippen MR) is 74.2 cm³/mol. The Morgan fingerprint density at radius 2 is 1.40 bits per heavy atom. The van der Waals surface area contributed by atoms with E-state index in [1.807, 2.05) is 0 Å². The van der Waals surface area contributed by atoms with E-state index in [9.17, 15) is 0 Å². The van der Waals surface area contributed by atoms with Gasteiger partial charge >= 0.3 is 0 Å². The minimum Gasteiger partial charge on any atom is -0.0669 e. The highest BCUT2D eigenvalue weighted by Crippen LogP contribution is 2.51. The fourth-order valence-corrected chi connectivity index (χ4v) is 3.16. The smallest absolute Gasteiger partial charge is 0.0669 e. The van der Waals surface area contributed by atoms with Crippen LogP contribution in [0.3, 0.4) is 0 Å². The second kappa shape index (κ2) is 5.41. The van der Waals surface area contributed by atoms with Gasteiger partial charge in [0, 0.05) is 0 Å². The van der Waals surface area contributed by atoms with Crippen molar-refractivity contribution in [2.75, 3.05) is 0 Å². The van der Waals surface area contributed by atoms with E-state index in [2.05, 4.69) is 56.3 Å². The molecule has 90 valence electrons.